The third kappa shape index (κ3) is 7.47. The Hall–Kier alpha value is -3.07. The molecular formula is C28H34F3N3O3. The number of hydrogen-bond acceptors (Lipinski definition) is 4. The number of carbonyl (C=O) groups is 2. The fourth-order valence-electron chi connectivity index (χ4n) is 5.01. The Bertz CT molecular complexity index is 1050. The summed E-state index contributed by atoms with van der Waals surface area (Å²) in [5.74, 6) is 0.798. The van der Waals surface area contributed by atoms with Gasteiger partial charge in [-0.25, -0.2) is 0 Å². The van der Waals surface area contributed by atoms with Crippen LogP contribution in [0.25, 0.3) is 0 Å². The summed E-state index contributed by atoms with van der Waals surface area (Å²) in [6, 6.07) is 15.2. The lowest BCUT2D eigenvalue weighted by Gasteiger charge is -2.41. The maximum Gasteiger partial charge on any atom is 0.401 e. The van der Waals surface area contributed by atoms with Crippen molar-refractivity contribution in [2.75, 3.05) is 37.7 Å². The zero-order chi connectivity index (χ0) is 26.3. The summed E-state index contributed by atoms with van der Waals surface area (Å²) in [5.41, 5.74) is 2.82. The number of alkyl halides is 3. The first kappa shape index (κ1) is 27.0. The molecule has 6 nitrogen and oxygen atoms in total. The number of halogens is 3. The van der Waals surface area contributed by atoms with Crippen molar-refractivity contribution >= 4 is 17.5 Å². The zero-order valence-electron chi connectivity index (χ0n) is 20.9. The second-order valence-corrected chi connectivity index (χ2v) is 9.64. The van der Waals surface area contributed by atoms with E-state index in [2.05, 4.69) is 11.4 Å². The molecule has 0 spiro atoms. The Labute approximate surface area is 215 Å². The predicted octanol–water partition coefficient (Wildman–Crippen LogP) is 4.97. The van der Waals surface area contributed by atoms with Crippen LogP contribution in [-0.4, -0.2) is 61.7 Å². The molecule has 2 aliphatic heterocycles. The number of carbonyl (C=O) groups excluding carboxylic acids is 2. The first-order valence-corrected chi connectivity index (χ1v) is 13.0. The number of unbranched alkanes of at least 4 members (excludes halogenated alkanes) is 2. The number of para-hydroxylation sites is 1. The average molecular weight is 518 g/mol. The summed E-state index contributed by atoms with van der Waals surface area (Å²) in [7, 11) is 0. The fraction of sp³-hybridized carbons (Fsp3) is 0.500. The number of fused-ring (bicyclic) bond motifs is 1. The van der Waals surface area contributed by atoms with Crippen LogP contribution in [0.3, 0.4) is 0 Å². The summed E-state index contributed by atoms with van der Waals surface area (Å²) in [6.45, 7) is 1.05. The van der Waals surface area contributed by atoms with Gasteiger partial charge in [-0.2, -0.15) is 13.2 Å². The van der Waals surface area contributed by atoms with E-state index in [0.29, 0.717) is 50.4 Å². The van der Waals surface area contributed by atoms with E-state index < -0.39 is 12.7 Å². The van der Waals surface area contributed by atoms with Crippen LogP contribution in [0.4, 0.5) is 18.9 Å². The van der Waals surface area contributed by atoms with Gasteiger partial charge in [0.05, 0.1) is 13.2 Å². The number of hydrogen-bond donors (Lipinski definition) is 1. The maximum atomic E-state index is 13.0. The van der Waals surface area contributed by atoms with Crippen molar-refractivity contribution in [2.24, 2.45) is 0 Å². The van der Waals surface area contributed by atoms with Gasteiger partial charge in [-0.3, -0.25) is 9.59 Å². The SMILES string of the molecule is O=C(c1ccc(OCCCCCNCC(F)(F)F)cc1)N1CCC(N2C(=O)CCc3ccccc32)CC1. The molecule has 0 atom stereocenters. The molecule has 1 fully saturated rings. The lowest BCUT2D eigenvalue weighted by atomic mass is 9.95. The van der Waals surface area contributed by atoms with Gasteiger partial charge in [0.15, 0.2) is 0 Å². The number of benzene rings is 2. The maximum absolute atomic E-state index is 13.0. The van der Waals surface area contributed by atoms with Gasteiger partial charge >= 0.3 is 6.18 Å². The van der Waals surface area contributed by atoms with Crippen LogP contribution in [0.2, 0.25) is 0 Å². The second kappa shape index (κ2) is 12.4. The number of rotatable bonds is 10. The van der Waals surface area contributed by atoms with Gasteiger partial charge in [0, 0.05) is 36.8 Å². The number of likely N-dealkylation sites (tertiary alicyclic amines) is 1. The van der Waals surface area contributed by atoms with Gasteiger partial charge in [-0.15, -0.1) is 0 Å². The topological polar surface area (TPSA) is 61.9 Å². The summed E-state index contributed by atoms with van der Waals surface area (Å²) < 4.78 is 41.9. The van der Waals surface area contributed by atoms with Gasteiger partial charge in [0.2, 0.25) is 5.91 Å². The number of piperidine rings is 1. The number of nitrogens with zero attached hydrogens (tertiary/aromatic N) is 2. The van der Waals surface area contributed by atoms with E-state index in [0.717, 1.165) is 37.8 Å². The van der Waals surface area contributed by atoms with Crippen molar-refractivity contribution in [3.8, 4) is 5.75 Å². The average Bonchev–Trinajstić information content (AvgIpc) is 2.89. The molecular weight excluding hydrogens is 483 g/mol. The number of anilines is 1. The van der Waals surface area contributed by atoms with E-state index in [1.165, 1.54) is 5.56 Å². The molecule has 0 saturated carbocycles. The number of amides is 2. The van der Waals surface area contributed by atoms with Crippen LogP contribution >= 0.6 is 0 Å². The number of ether oxygens (including phenoxy) is 1. The lowest BCUT2D eigenvalue weighted by molar-refractivity contribution is -0.124. The molecule has 0 aromatic heterocycles. The van der Waals surface area contributed by atoms with Gasteiger partial charge in [0.1, 0.15) is 5.75 Å². The highest BCUT2D eigenvalue weighted by Gasteiger charge is 2.33. The molecule has 0 unspecified atom stereocenters. The molecule has 2 aromatic rings. The molecule has 4 rings (SSSR count). The monoisotopic (exact) mass is 517 g/mol. The minimum atomic E-state index is -4.17. The quantitative estimate of drug-likeness (QED) is 0.452. The van der Waals surface area contributed by atoms with E-state index in [1.807, 2.05) is 28.0 Å². The predicted molar refractivity (Wildman–Crippen MR) is 136 cm³/mol. The van der Waals surface area contributed by atoms with Crippen LogP contribution < -0.4 is 15.0 Å². The van der Waals surface area contributed by atoms with E-state index in [-0.39, 0.29) is 17.9 Å². The normalized spacial score (nSPS) is 16.6. The third-order valence-electron chi connectivity index (χ3n) is 6.94. The molecule has 2 aromatic carbocycles. The van der Waals surface area contributed by atoms with Crippen LogP contribution in [-0.2, 0) is 11.2 Å². The molecule has 1 N–H and O–H groups in total. The van der Waals surface area contributed by atoms with Gasteiger partial charge < -0.3 is 19.9 Å². The molecule has 200 valence electrons. The van der Waals surface area contributed by atoms with Crippen molar-refractivity contribution in [3.05, 3.63) is 59.7 Å². The Morgan fingerprint density at radius 1 is 0.973 bits per heavy atom. The summed E-state index contributed by atoms with van der Waals surface area (Å²) in [5, 5.41) is 2.38. The van der Waals surface area contributed by atoms with Crippen LogP contribution in [0.1, 0.15) is 54.4 Å². The number of nitrogens with one attached hydrogen (secondary N) is 1. The molecule has 37 heavy (non-hydrogen) atoms. The van der Waals surface area contributed by atoms with E-state index >= 15 is 0 Å². The van der Waals surface area contributed by atoms with Gasteiger partial charge in [0.25, 0.3) is 5.91 Å². The van der Waals surface area contributed by atoms with Gasteiger partial charge in [-0.05, 0) is 81.0 Å². The van der Waals surface area contributed by atoms with Crippen LogP contribution in [0, 0.1) is 0 Å². The molecule has 0 aliphatic carbocycles. The van der Waals surface area contributed by atoms with Crippen molar-refractivity contribution in [1.29, 1.82) is 0 Å². The molecule has 0 bridgehead atoms. The highest BCUT2D eigenvalue weighted by molar-refractivity contribution is 5.97. The Balaban J connectivity index is 1.18. The standard InChI is InChI=1S/C28H34F3N3O3/c29-28(30,31)20-32-16-4-1-5-19-37-24-11-8-22(9-12-24)27(36)33-17-14-23(15-18-33)34-25-7-3-2-6-21(25)10-13-26(34)35/h2-3,6-9,11-12,23,32H,1,4-5,10,13-20H2. The first-order chi connectivity index (χ1) is 17.8. The smallest absolute Gasteiger partial charge is 0.401 e. The first-order valence-electron chi connectivity index (χ1n) is 13.0. The molecule has 0 radical (unpaired) electrons. The fourth-order valence-corrected chi connectivity index (χ4v) is 5.01. The van der Waals surface area contributed by atoms with E-state index in [9.17, 15) is 22.8 Å². The molecule has 2 amide bonds. The third-order valence-corrected chi connectivity index (χ3v) is 6.94. The minimum absolute atomic E-state index is 0.0262. The van der Waals surface area contributed by atoms with Crippen LogP contribution in [0.5, 0.6) is 5.75 Å². The Morgan fingerprint density at radius 2 is 1.70 bits per heavy atom. The van der Waals surface area contributed by atoms with E-state index in [1.54, 1.807) is 24.3 Å². The second-order valence-electron chi connectivity index (χ2n) is 9.64. The Kier molecular flexibility index (Phi) is 9.08. The van der Waals surface area contributed by atoms with Crippen molar-refractivity contribution in [2.45, 2.75) is 57.2 Å². The molecule has 2 heterocycles. The van der Waals surface area contributed by atoms with Crippen molar-refractivity contribution in [3.63, 3.8) is 0 Å². The largest absolute Gasteiger partial charge is 0.494 e. The highest BCUT2D eigenvalue weighted by atomic mass is 19.4. The van der Waals surface area contributed by atoms with Gasteiger partial charge in [-0.1, -0.05) is 18.2 Å². The zero-order valence-corrected chi connectivity index (χ0v) is 20.9. The van der Waals surface area contributed by atoms with Crippen molar-refractivity contribution in [1.82, 2.24) is 10.2 Å². The van der Waals surface area contributed by atoms with Crippen LogP contribution in [0.15, 0.2) is 48.5 Å². The molecule has 1 saturated heterocycles. The number of aryl methyl sites for hydroxylation is 1. The summed E-state index contributed by atoms with van der Waals surface area (Å²) >= 11 is 0. The highest BCUT2D eigenvalue weighted by Crippen LogP contribution is 2.32. The van der Waals surface area contributed by atoms with Crippen molar-refractivity contribution < 1.29 is 27.5 Å². The summed E-state index contributed by atoms with van der Waals surface area (Å²) in [6.07, 6.45) is 0.807. The van der Waals surface area contributed by atoms with E-state index in [4.69, 9.17) is 4.74 Å². The summed E-state index contributed by atoms with van der Waals surface area (Å²) in [4.78, 5) is 29.5. The minimum Gasteiger partial charge on any atom is -0.494 e. The lowest BCUT2D eigenvalue weighted by Crippen LogP contribution is -2.50. The molecule has 9 heteroatoms. The molecule has 2 aliphatic rings. The Morgan fingerprint density at radius 3 is 2.43 bits per heavy atom.